The van der Waals surface area contributed by atoms with E-state index in [1.807, 2.05) is 0 Å². The molecular weight excluding hydrogens is 432 g/mol. The number of amides is 1. The number of aromatic nitrogens is 2. The Morgan fingerprint density at radius 2 is 2.04 bits per heavy atom. The Morgan fingerprint density at radius 3 is 2.61 bits per heavy atom. The molecule has 2 rings (SSSR count). The number of aryl methyl sites for hydroxylation is 1. The van der Waals surface area contributed by atoms with Crippen molar-refractivity contribution in [3.63, 3.8) is 0 Å². The fourth-order valence-electron chi connectivity index (χ4n) is 1.84. The van der Waals surface area contributed by atoms with Crippen molar-refractivity contribution >= 4 is 44.0 Å². The molecule has 0 spiro atoms. The van der Waals surface area contributed by atoms with E-state index >= 15 is 0 Å². The summed E-state index contributed by atoms with van der Waals surface area (Å²) < 4.78 is 13.3. The largest absolute Gasteiger partial charge is 0.493 e. The van der Waals surface area contributed by atoms with Crippen LogP contribution in [0.2, 0.25) is 0 Å². The van der Waals surface area contributed by atoms with E-state index in [2.05, 4.69) is 47.5 Å². The smallest absolute Gasteiger partial charge is 0.293 e. The van der Waals surface area contributed by atoms with Gasteiger partial charge in [0.2, 0.25) is 0 Å². The molecular formula is C14H14Br2N4O3. The number of halogens is 2. The molecule has 1 heterocycles. The second-order valence-corrected chi connectivity index (χ2v) is 6.15. The van der Waals surface area contributed by atoms with Crippen LogP contribution < -0.4 is 14.9 Å². The van der Waals surface area contributed by atoms with Crippen LogP contribution >= 0.6 is 31.9 Å². The SMILES string of the molecule is COc1cc(/C=N\NC(=O)c2nn(C)cc2Br)cc(Br)c1OC. The van der Waals surface area contributed by atoms with Gasteiger partial charge in [-0.1, -0.05) is 0 Å². The van der Waals surface area contributed by atoms with Gasteiger partial charge >= 0.3 is 0 Å². The third kappa shape index (κ3) is 4.11. The monoisotopic (exact) mass is 444 g/mol. The number of carbonyl (C=O) groups is 1. The molecule has 0 aliphatic carbocycles. The Bertz CT molecular complexity index is 759. The number of hydrogen-bond acceptors (Lipinski definition) is 5. The number of carbonyl (C=O) groups excluding carboxylic acids is 1. The molecule has 0 atom stereocenters. The van der Waals surface area contributed by atoms with Gasteiger partial charge in [-0.3, -0.25) is 9.48 Å². The van der Waals surface area contributed by atoms with Crippen molar-refractivity contribution in [2.75, 3.05) is 14.2 Å². The van der Waals surface area contributed by atoms with Crippen molar-refractivity contribution in [3.8, 4) is 11.5 Å². The van der Waals surface area contributed by atoms with E-state index in [1.54, 1.807) is 39.6 Å². The molecule has 1 aromatic heterocycles. The molecule has 1 aromatic carbocycles. The van der Waals surface area contributed by atoms with Crippen molar-refractivity contribution < 1.29 is 14.3 Å². The summed E-state index contributed by atoms with van der Waals surface area (Å²) in [6.07, 6.45) is 3.19. The van der Waals surface area contributed by atoms with Gasteiger partial charge in [-0.25, -0.2) is 5.43 Å². The first kappa shape index (κ1) is 17.5. The van der Waals surface area contributed by atoms with Gasteiger partial charge in [0.15, 0.2) is 17.2 Å². The molecule has 0 radical (unpaired) electrons. The van der Waals surface area contributed by atoms with Crippen LogP contribution in [0.5, 0.6) is 11.5 Å². The quantitative estimate of drug-likeness (QED) is 0.567. The highest BCUT2D eigenvalue weighted by molar-refractivity contribution is 9.10. The van der Waals surface area contributed by atoms with E-state index in [4.69, 9.17) is 9.47 Å². The number of nitrogens with zero attached hydrogens (tertiary/aromatic N) is 3. The van der Waals surface area contributed by atoms with Crippen LogP contribution in [0, 0.1) is 0 Å². The van der Waals surface area contributed by atoms with Gasteiger partial charge in [-0.05, 0) is 49.6 Å². The molecule has 122 valence electrons. The summed E-state index contributed by atoms with van der Waals surface area (Å²) in [6.45, 7) is 0. The zero-order valence-corrected chi connectivity index (χ0v) is 15.8. The predicted octanol–water partition coefficient (Wildman–Crippen LogP) is 2.73. The zero-order chi connectivity index (χ0) is 17.0. The summed E-state index contributed by atoms with van der Waals surface area (Å²) >= 11 is 6.66. The van der Waals surface area contributed by atoms with Crippen LogP contribution in [0.3, 0.4) is 0 Å². The highest BCUT2D eigenvalue weighted by atomic mass is 79.9. The number of hydrogen-bond donors (Lipinski definition) is 1. The average molecular weight is 446 g/mol. The van der Waals surface area contributed by atoms with Crippen LogP contribution in [-0.2, 0) is 7.05 Å². The van der Waals surface area contributed by atoms with Gasteiger partial charge < -0.3 is 9.47 Å². The Balaban J connectivity index is 2.13. The highest BCUT2D eigenvalue weighted by Crippen LogP contribution is 2.35. The number of benzene rings is 1. The molecule has 1 N–H and O–H groups in total. The molecule has 23 heavy (non-hydrogen) atoms. The van der Waals surface area contributed by atoms with Gasteiger partial charge in [0.1, 0.15) is 0 Å². The Hall–Kier alpha value is -1.87. The van der Waals surface area contributed by atoms with Crippen molar-refractivity contribution in [1.82, 2.24) is 15.2 Å². The first-order chi connectivity index (χ1) is 11.0. The molecule has 0 unspecified atom stereocenters. The summed E-state index contributed by atoms with van der Waals surface area (Å²) in [4.78, 5) is 12.0. The van der Waals surface area contributed by atoms with E-state index in [1.165, 1.54) is 10.9 Å². The molecule has 0 fully saturated rings. The first-order valence-corrected chi connectivity index (χ1v) is 7.99. The molecule has 0 aliphatic heterocycles. The predicted molar refractivity (Wildman–Crippen MR) is 93.2 cm³/mol. The maximum Gasteiger partial charge on any atom is 0.293 e. The fraction of sp³-hybridized carbons (Fsp3) is 0.214. The van der Waals surface area contributed by atoms with Gasteiger partial charge in [0.25, 0.3) is 5.91 Å². The van der Waals surface area contributed by atoms with Crippen LogP contribution in [0.1, 0.15) is 16.1 Å². The van der Waals surface area contributed by atoms with Gasteiger partial charge in [-0.2, -0.15) is 10.2 Å². The molecule has 9 heteroatoms. The minimum Gasteiger partial charge on any atom is -0.493 e. The van der Waals surface area contributed by atoms with E-state index < -0.39 is 5.91 Å². The van der Waals surface area contributed by atoms with Crippen LogP contribution in [-0.4, -0.2) is 36.1 Å². The third-order valence-corrected chi connectivity index (χ3v) is 4.00. The Kier molecular flexibility index (Phi) is 5.78. The van der Waals surface area contributed by atoms with E-state index in [9.17, 15) is 4.79 Å². The highest BCUT2D eigenvalue weighted by Gasteiger charge is 2.13. The Morgan fingerprint density at radius 1 is 1.30 bits per heavy atom. The zero-order valence-electron chi connectivity index (χ0n) is 12.6. The summed E-state index contributed by atoms with van der Waals surface area (Å²) in [6, 6.07) is 3.55. The molecule has 1 amide bonds. The second-order valence-electron chi connectivity index (χ2n) is 4.44. The van der Waals surface area contributed by atoms with E-state index in [-0.39, 0.29) is 5.69 Å². The lowest BCUT2D eigenvalue weighted by molar-refractivity contribution is 0.0948. The number of hydrazone groups is 1. The lowest BCUT2D eigenvalue weighted by Crippen LogP contribution is -2.19. The minimum absolute atomic E-state index is 0.262. The molecule has 7 nitrogen and oxygen atoms in total. The van der Waals surface area contributed by atoms with Crippen LogP contribution in [0.4, 0.5) is 0 Å². The Labute approximate surface area is 149 Å². The average Bonchev–Trinajstić information content (AvgIpc) is 2.85. The third-order valence-electron chi connectivity index (χ3n) is 2.83. The molecule has 0 saturated carbocycles. The van der Waals surface area contributed by atoms with Crippen molar-refractivity contribution in [2.45, 2.75) is 0 Å². The topological polar surface area (TPSA) is 77.7 Å². The molecule has 0 bridgehead atoms. The number of rotatable bonds is 5. The van der Waals surface area contributed by atoms with Crippen molar-refractivity contribution in [2.24, 2.45) is 12.1 Å². The standard InChI is InChI=1S/C14H14Br2N4O3/c1-20-7-10(16)12(19-20)14(21)18-17-6-8-4-9(15)13(23-3)11(5-8)22-2/h4-7H,1-3H3,(H,18,21)/b17-6-. The van der Waals surface area contributed by atoms with E-state index in [0.717, 1.165) is 10.0 Å². The summed E-state index contributed by atoms with van der Waals surface area (Å²) in [5.74, 6) is 0.737. The lowest BCUT2D eigenvalue weighted by Gasteiger charge is -2.10. The number of nitrogens with one attached hydrogen (secondary N) is 1. The molecule has 2 aromatic rings. The number of methoxy groups -OCH3 is 2. The van der Waals surface area contributed by atoms with Gasteiger partial charge in [-0.15, -0.1) is 0 Å². The molecule has 0 aliphatic rings. The first-order valence-electron chi connectivity index (χ1n) is 6.40. The minimum atomic E-state index is -0.409. The summed E-state index contributed by atoms with van der Waals surface area (Å²) in [5, 5.41) is 7.97. The summed E-state index contributed by atoms with van der Waals surface area (Å²) in [7, 11) is 4.83. The van der Waals surface area contributed by atoms with Gasteiger partial charge in [0, 0.05) is 13.2 Å². The lowest BCUT2D eigenvalue weighted by atomic mass is 10.2. The second kappa shape index (κ2) is 7.60. The van der Waals surface area contributed by atoms with Gasteiger partial charge in [0.05, 0.1) is 29.4 Å². The number of ether oxygens (including phenoxy) is 2. The normalized spacial score (nSPS) is 10.8. The fourth-order valence-corrected chi connectivity index (χ4v) is 3.02. The van der Waals surface area contributed by atoms with Crippen molar-refractivity contribution in [3.05, 3.63) is 38.5 Å². The van der Waals surface area contributed by atoms with E-state index in [0.29, 0.717) is 16.0 Å². The maximum absolute atomic E-state index is 12.0. The molecule has 0 saturated heterocycles. The maximum atomic E-state index is 12.0. The van der Waals surface area contributed by atoms with Crippen LogP contribution in [0.25, 0.3) is 0 Å². The van der Waals surface area contributed by atoms with Crippen molar-refractivity contribution in [1.29, 1.82) is 0 Å². The van der Waals surface area contributed by atoms with Crippen LogP contribution in [0.15, 0.2) is 32.4 Å². The summed E-state index contributed by atoms with van der Waals surface area (Å²) in [5.41, 5.74) is 3.42.